The summed E-state index contributed by atoms with van der Waals surface area (Å²) in [6.07, 6.45) is 0. The number of aromatic nitrogens is 2. The number of carboxylic acid groups (broad SMARTS) is 2. The number of nitrogen functional groups attached to an aromatic ring is 1. The minimum Gasteiger partial charge on any atom is -0.473 e. The van der Waals surface area contributed by atoms with Crippen LogP contribution < -0.4 is 5.73 Å². The average molecular weight is 277 g/mol. The van der Waals surface area contributed by atoms with Gasteiger partial charge in [0, 0.05) is 6.07 Å². The zero-order valence-electron chi connectivity index (χ0n) is 11.0. The molecule has 1 aromatic carbocycles. The average Bonchev–Trinajstić information content (AvgIpc) is 2.80. The molecule has 0 saturated heterocycles. The van der Waals surface area contributed by atoms with Crippen molar-refractivity contribution < 1.29 is 19.8 Å². The molecule has 7 heteroatoms. The van der Waals surface area contributed by atoms with Crippen molar-refractivity contribution in [2.75, 3.05) is 5.73 Å². The van der Waals surface area contributed by atoms with Gasteiger partial charge < -0.3 is 15.9 Å². The molecule has 7 nitrogen and oxygen atoms in total. The lowest BCUT2D eigenvalue weighted by molar-refractivity contribution is -0.159. The number of carboxylic acids is 2. The Morgan fingerprint density at radius 1 is 1.10 bits per heavy atom. The first-order valence-electron chi connectivity index (χ1n) is 5.66. The number of aryl methyl sites for hydroxylation is 2. The highest BCUT2D eigenvalue weighted by atomic mass is 16.4. The van der Waals surface area contributed by atoms with Crippen LogP contribution in [-0.4, -0.2) is 32.3 Å². The van der Waals surface area contributed by atoms with Crippen molar-refractivity contribution in [1.29, 1.82) is 0 Å². The monoisotopic (exact) mass is 277 g/mol. The fourth-order valence-corrected chi connectivity index (χ4v) is 1.39. The Morgan fingerprint density at radius 3 is 2.10 bits per heavy atom. The van der Waals surface area contributed by atoms with Crippen LogP contribution in [0.3, 0.4) is 0 Å². The summed E-state index contributed by atoms with van der Waals surface area (Å²) in [5.74, 6) is -3.12. The van der Waals surface area contributed by atoms with Crippen LogP contribution in [0.1, 0.15) is 11.1 Å². The van der Waals surface area contributed by atoms with Crippen LogP contribution in [0.4, 0.5) is 5.82 Å². The number of aliphatic carboxylic acids is 2. The zero-order valence-corrected chi connectivity index (χ0v) is 11.0. The second-order valence-electron chi connectivity index (χ2n) is 4.12. The van der Waals surface area contributed by atoms with Gasteiger partial charge in [0.15, 0.2) is 0 Å². The molecule has 0 atom stereocenters. The molecule has 1 heterocycles. The summed E-state index contributed by atoms with van der Waals surface area (Å²) in [5, 5.41) is 21.6. The Hall–Kier alpha value is -2.83. The predicted octanol–water partition coefficient (Wildman–Crippen LogP) is 1.43. The van der Waals surface area contributed by atoms with Gasteiger partial charge in [-0.25, -0.2) is 9.59 Å². The first-order chi connectivity index (χ1) is 9.31. The van der Waals surface area contributed by atoms with Gasteiger partial charge in [-0.05, 0) is 36.6 Å². The predicted molar refractivity (Wildman–Crippen MR) is 73.2 cm³/mol. The first-order valence-corrected chi connectivity index (χ1v) is 5.66. The van der Waals surface area contributed by atoms with E-state index in [1.54, 1.807) is 0 Å². The Kier molecular flexibility index (Phi) is 4.85. The molecule has 2 aromatic rings. The number of anilines is 1. The van der Waals surface area contributed by atoms with Crippen molar-refractivity contribution in [3.05, 3.63) is 35.4 Å². The summed E-state index contributed by atoms with van der Waals surface area (Å²) < 4.78 is 0. The number of carbonyl (C=O) groups is 2. The summed E-state index contributed by atoms with van der Waals surface area (Å²) in [6, 6.07) is 8.13. The van der Waals surface area contributed by atoms with Crippen molar-refractivity contribution in [2.24, 2.45) is 0 Å². The normalized spacial score (nSPS) is 9.50. The molecule has 0 aliphatic carbocycles. The molecule has 0 amide bonds. The van der Waals surface area contributed by atoms with Crippen LogP contribution in [0.2, 0.25) is 0 Å². The summed E-state index contributed by atoms with van der Waals surface area (Å²) in [5.41, 5.74) is 10.2. The standard InChI is InChI=1S/C11H13N3.C2H2O4/c1-7-3-4-9(5-8(7)2)10-6-11(12)14-13-10;3-1(4)2(5)6/h3-6H,1-2H3,(H3,12,13,14);(H,3,4)(H,5,6). The van der Waals surface area contributed by atoms with E-state index in [2.05, 4.69) is 42.2 Å². The minimum atomic E-state index is -1.82. The number of hydrogen-bond donors (Lipinski definition) is 4. The molecule has 0 bridgehead atoms. The number of nitrogens with two attached hydrogens (primary N) is 1. The topological polar surface area (TPSA) is 129 Å². The lowest BCUT2D eigenvalue weighted by atomic mass is 10.0. The summed E-state index contributed by atoms with van der Waals surface area (Å²) in [4.78, 5) is 18.2. The fourth-order valence-electron chi connectivity index (χ4n) is 1.39. The Morgan fingerprint density at radius 2 is 1.70 bits per heavy atom. The van der Waals surface area contributed by atoms with Crippen LogP contribution in [0.15, 0.2) is 24.3 Å². The van der Waals surface area contributed by atoms with Gasteiger partial charge in [0.25, 0.3) is 0 Å². The molecular formula is C13H15N3O4. The maximum atomic E-state index is 9.10. The van der Waals surface area contributed by atoms with Crippen molar-refractivity contribution >= 4 is 17.8 Å². The highest BCUT2D eigenvalue weighted by Crippen LogP contribution is 2.21. The zero-order chi connectivity index (χ0) is 15.3. The van der Waals surface area contributed by atoms with E-state index in [0.29, 0.717) is 5.82 Å². The molecular weight excluding hydrogens is 262 g/mol. The molecule has 0 aliphatic heterocycles. The Labute approximate surface area is 115 Å². The van der Waals surface area contributed by atoms with Crippen molar-refractivity contribution in [3.63, 3.8) is 0 Å². The highest BCUT2D eigenvalue weighted by molar-refractivity contribution is 6.27. The van der Waals surface area contributed by atoms with Gasteiger partial charge in [0.1, 0.15) is 5.82 Å². The number of aromatic amines is 1. The molecule has 20 heavy (non-hydrogen) atoms. The molecule has 0 aliphatic rings. The van der Waals surface area contributed by atoms with E-state index >= 15 is 0 Å². The van der Waals surface area contributed by atoms with Crippen LogP contribution >= 0.6 is 0 Å². The third kappa shape index (κ3) is 4.13. The van der Waals surface area contributed by atoms with Crippen molar-refractivity contribution in [2.45, 2.75) is 13.8 Å². The molecule has 5 N–H and O–H groups in total. The second kappa shape index (κ2) is 6.37. The first kappa shape index (κ1) is 15.2. The molecule has 0 spiro atoms. The van der Waals surface area contributed by atoms with Gasteiger partial charge in [-0.3, -0.25) is 5.10 Å². The summed E-state index contributed by atoms with van der Waals surface area (Å²) in [7, 11) is 0. The van der Waals surface area contributed by atoms with E-state index in [-0.39, 0.29) is 0 Å². The van der Waals surface area contributed by atoms with E-state index in [0.717, 1.165) is 11.3 Å². The van der Waals surface area contributed by atoms with Gasteiger partial charge in [-0.15, -0.1) is 0 Å². The van der Waals surface area contributed by atoms with E-state index in [4.69, 9.17) is 25.5 Å². The van der Waals surface area contributed by atoms with Gasteiger partial charge >= 0.3 is 11.9 Å². The molecule has 0 fully saturated rings. The highest BCUT2D eigenvalue weighted by Gasteiger charge is 2.04. The maximum Gasteiger partial charge on any atom is 0.414 e. The van der Waals surface area contributed by atoms with Crippen LogP contribution in [-0.2, 0) is 9.59 Å². The van der Waals surface area contributed by atoms with Crippen molar-refractivity contribution in [1.82, 2.24) is 10.2 Å². The van der Waals surface area contributed by atoms with Gasteiger partial charge in [-0.2, -0.15) is 5.10 Å². The maximum absolute atomic E-state index is 9.10. The molecule has 2 rings (SSSR count). The summed E-state index contributed by atoms with van der Waals surface area (Å²) in [6.45, 7) is 4.19. The number of nitrogens with one attached hydrogen (secondary N) is 1. The second-order valence-corrected chi connectivity index (χ2v) is 4.12. The van der Waals surface area contributed by atoms with Gasteiger partial charge in [0.05, 0.1) is 5.69 Å². The lowest BCUT2D eigenvalue weighted by Gasteiger charge is -2.02. The number of nitrogens with zero attached hydrogens (tertiary/aromatic N) is 1. The van der Waals surface area contributed by atoms with Gasteiger partial charge in [-0.1, -0.05) is 12.1 Å². The number of H-pyrrole nitrogens is 1. The SMILES string of the molecule is Cc1ccc(-c2cc(N)n[nH]2)cc1C.O=C(O)C(=O)O. The third-order valence-corrected chi connectivity index (χ3v) is 2.60. The van der Waals surface area contributed by atoms with Gasteiger partial charge in [0.2, 0.25) is 0 Å². The Bertz CT molecular complexity index is 622. The smallest absolute Gasteiger partial charge is 0.414 e. The summed E-state index contributed by atoms with van der Waals surface area (Å²) >= 11 is 0. The minimum absolute atomic E-state index is 0.526. The largest absolute Gasteiger partial charge is 0.473 e. The number of benzene rings is 1. The molecule has 0 saturated carbocycles. The fraction of sp³-hybridized carbons (Fsp3) is 0.154. The van der Waals surface area contributed by atoms with Crippen LogP contribution in [0.5, 0.6) is 0 Å². The van der Waals surface area contributed by atoms with E-state index in [1.165, 1.54) is 11.1 Å². The molecule has 106 valence electrons. The molecule has 1 aromatic heterocycles. The quantitative estimate of drug-likeness (QED) is 0.583. The van der Waals surface area contributed by atoms with Crippen LogP contribution in [0.25, 0.3) is 11.3 Å². The van der Waals surface area contributed by atoms with Crippen LogP contribution in [0, 0.1) is 13.8 Å². The van der Waals surface area contributed by atoms with E-state index in [1.807, 2.05) is 6.07 Å². The Balaban J connectivity index is 0.000000286. The molecule has 0 radical (unpaired) electrons. The van der Waals surface area contributed by atoms with E-state index in [9.17, 15) is 0 Å². The number of hydrogen-bond acceptors (Lipinski definition) is 4. The molecule has 0 unspecified atom stereocenters. The van der Waals surface area contributed by atoms with E-state index < -0.39 is 11.9 Å². The van der Waals surface area contributed by atoms with Crippen molar-refractivity contribution in [3.8, 4) is 11.3 Å². The number of rotatable bonds is 1. The lowest BCUT2D eigenvalue weighted by Crippen LogP contribution is -2.09. The third-order valence-electron chi connectivity index (χ3n) is 2.60.